The summed E-state index contributed by atoms with van der Waals surface area (Å²) in [5, 5.41) is 14.6. The van der Waals surface area contributed by atoms with E-state index in [4.69, 9.17) is 4.74 Å². The van der Waals surface area contributed by atoms with Crippen molar-refractivity contribution in [1.82, 2.24) is 0 Å². The highest BCUT2D eigenvalue weighted by molar-refractivity contribution is 6.05. The molecule has 0 amide bonds. The Morgan fingerprint density at radius 3 is 2.52 bits per heavy atom. The summed E-state index contributed by atoms with van der Waals surface area (Å²) in [6, 6.07) is 17.2. The van der Waals surface area contributed by atoms with Crippen molar-refractivity contribution in [3.05, 3.63) is 54.1 Å². The Hall–Kier alpha value is -2.06. The Labute approximate surface area is 150 Å². The fourth-order valence-corrected chi connectivity index (χ4v) is 3.26. The molecule has 132 valence electrons. The van der Waals surface area contributed by atoms with E-state index in [0.29, 0.717) is 13.0 Å². The van der Waals surface area contributed by atoms with Crippen molar-refractivity contribution in [1.29, 1.82) is 0 Å². The lowest BCUT2D eigenvalue weighted by Crippen LogP contribution is -2.16. The molecule has 3 aromatic carbocycles. The molecule has 3 aromatic rings. The van der Waals surface area contributed by atoms with E-state index < -0.39 is 6.10 Å². The van der Waals surface area contributed by atoms with E-state index in [2.05, 4.69) is 49.4 Å². The number of benzene rings is 3. The molecule has 0 aliphatic carbocycles. The minimum atomic E-state index is -0.429. The molecule has 0 saturated heterocycles. The highest BCUT2D eigenvalue weighted by Crippen LogP contribution is 2.35. The van der Waals surface area contributed by atoms with E-state index in [9.17, 15) is 5.11 Å². The molecule has 1 atom stereocenters. The smallest absolute Gasteiger partial charge is 0.135 e. The first-order valence-electron chi connectivity index (χ1n) is 9.48. The van der Waals surface area contributed by atoms with E-state index >= 15 is 0 Å². The lowest BCUT2D eigenvalue weighted by Gasteiger charge is -2.16. The van der Waals surface area contributed by atoms with Crippen LogP contribution in [0.2, 0.25) is 0 Å². The summed E-state index contributed by atoms with van der Waals surface area (Å²) >= 11 is 0. The van der Waals surface area contributed by atoms with E-state index in [1.165, 1.54) is 35.6 Å². The minimum Gasteiger partial charge on any atom is -0.490 e. The van der Waals surface area contributed by atoms with Crippen molar-refractivity contribution in [3.63, 3.8) is 0 Å². The quantitative estimate of drug-likeness (QED) is 0.411. The molecule has 0 aliphatic heterocycles. The number of rotatable bonds is 8. The first-order chi connectivity index (χ1) is 12.2. The van der Waals surface area contributed by atoms with Crippen LogP contribution in [-0.4, -0.2) is 17.8 Å². The van der Waals surface area contributed by atoms with E-state index in [1.54, 1.807) is 0 Å². The maximum Gasteiger partial charge on any atom is 0.135 e. The van der Waals surface area contributed by atoms with Gasteiger partial charge in [0.2, 0.25) is 0 Å². The van der Waals surface area contributed by atoms with Gasteiger partial charge in [0, 0.05) is 10.8 Å². The molecule has 0 saturated carbocycles. The Bertz CT molecular complexity index is 838. The van der Waals surface area contributed by atoms with Crippen LogP contribution in [0.3, 0.4) is 0 Å². The number of aliphatic hydroxyl groups is 1. The number of aliphatic hydroxyl groups excluding tert-OH is 1. The Morgan fingerprint density at radius 2 is 1.72 bits per heavy atom. The molecule has 0 heterocycles. The second-order valence-corrected chi connectivity index (χ2v) is 6.81. The average molecular weight is 336 g/mol. The molecule has 0 aromatic heterocycles. The number of aryl methyl sites for hydroxylation is 1. The van der Waals surface area contributed by atoms with Gasteiger partial charge in [-0.05, 0) is 47.7 Å². The summed E-state index contributed by atoms with van der Waals surface area (Å²) in [7, 11) is 0. The topological polar surface area (TPSA) is 29.5 Å². The van der Waals surface area contributed by atoms with Crippen LogP contribution in [0.4, 0.5) is 0 Å². The third-order valence-corrected chi connectivity index (χ3v) is 4.84. The summed E-state index contributed by atoms with van der Waals surface area (Å²) in [6.45, 7) is 4.54. The fraction of sp³-hybridized carbons (Fsp3) is 0.391. The normalized spacial score (nSPS) is 12.6. The second-order valence-electron chi connectivity index (χ2n) is 6.81. The molecular weight excluding hydrogens is 308 g/mol. The Morgan fingerprint density at radius 1 is 0.920 bits per heavy atom. The van der Waals surface area contributed by atoms with Crippen molar-refractivity contribution in [2.45, 2.75) is 52.1 Å². The summed E-state index contributed by atoms with van der Waals surface area (Å²) in [6.07, 6.45) is 5.10. The first kappa shape index (κ1) is 17.8. The maximum atomic E-state index is 9.94. The van der Waals surface area contributed by atoms with Crippen LogP contribution in [-0.2, 0) is 6.42 Å². The lowest BCUT2D eigenvalue weighted by atomic mass is 9.98. The summed E-state index contributed by atoms with van der Waals surface area (Å²) in [5.41, 5.74) is 1.36. The number of fused-ring (bicyclic) bond motifs is 2. The molecule has 0 spiro atoms. The molecule has 2 nitrogen and oxygen atoms in total. The molecule has 0 radical (unpaired) electrons. The van der Waals surface area contributed by atoms with Gasteiger partial charge in [-0.3, -0.25) is 0 Å². The number of ether oxygens (including phenoxy) is 1. The maximum absolute atomic E-state index is 9.94. The van der Waals surface area contributed by atoms with Crippen molar-refractivity contribution in [2.75, 3.05) is 6.61 Å². The Balaban J connectivity index is 2.05. The standard InChI is InChI=1S/C23H28O2/c1-3-5-6-9-17-12-13-19-15-18-10-7-8-11-21(18)23(22(19)14-17)25-16-20(24)4-2/h7-8,10-15,20,24H,3-6,9,16H2,1-2H3. The largest absolute Gasteiger partial charge is 0.490 e. The first-order valence-corrected chi connectivity index (χ1v) is 9.48. The third-order valence-electron chi connectivity index (χ3n) is 4.84. The second kappa shape index (κ2) is 8.35. The molecule has 2 heteroatoms. The van der Waals surface area contributed by atoms with Gasteiger partial charge in [-0.25, -0.2) is 0 Å². The highest BCUT2D eigenvalue weighted by Gasteiger charge is 2.11. The van der Waals surface area contributed by atoms with Crippen molar-refractivity contribution >= 4 is 21.5 Å². The van der Waals surface area contributed by atoms with Gasteiger partial charge in [-0.15, -0.1) is 0 Å². The van der Waals surface area contributed by atoms with Crippen LogP contribution in [0, 0.1) is 0 Å². The molecule has 0 bridgehead atoms. The zero-order valence-electron chi connectivity index (χ0n) is 15.3. The molecule has 25 heavy (non-hydrogen) atoms. The Kier molecular flexibility index (Phi) is 5.93. The molecule has 0 aliphatic rings. The SMILES string of the molecule is CCCCCc1ccc2cc3ccccc3c(OCC(O)CC)c2c1. The average Bonchev–Trinajstić information content (AvgIpc) is 2.65. The molecule has 1 unspecified atom stereocenters. The van der Waals surface area contributed by atoms with Gasteiger partial charge >= 0.3 is 0 Å². The molecule has 3 rings (SSSR count). The monoisotopic (exact) mass is 336 g/mol. The summed E-state index contributed by atoms with van der Waals surface area (Å²) in [5.74, 6) is 0.901. The van der Waals surface area contributed by atoms with Crippen LogP contribution in [0.5, 0.6) is 5.75 Å². The van der Waals surface area contributed by atoms with E-state index in [1.807, 2.05) is 13.0 Å². The molecule has 0 fully saturated rings. The third kappa shape index (κ3) is 4.13. The highest BCUT2D eigenvalue weighted by atomic mass is 16.5. The van der Waals surface area contributed by atoms with Crippen molar-refractivity contribution in [3.8, 4) is 5.75 Å². The van der Waals surface area contributed by atoms with Gasteiger partial charge in [0.15, 0.2) is 0 Å². The van der Waals surface area contributed by atoms with Crippen molar-refractivity contribution in [2.24, 2.45) is 0 Å². The lowest BCUT2D eigenvalue weighted by molar-refractivity contribution is 0.106. The van der Waals surface area contributed by atoms with E-state index in [0.717, 1.165) is 22.9 Å². The van der Waals surface area contributed by atoms with Gasteiger partial charge in [0.05, 0.1) is 6.10 Å². The van der Waals surface area contributed by atoms with Gasteiger partial charge < -0.3 is 9.84 Å². The van der Waals surface area contributed by atoms with Crippen LogP contribution in [0.1, 0.15) is 45.1 Å². The van der Waals surface area contributed by atoms with Gasteiger partial charge in [0.1, 0.15) is 12.4 Å². The summed E-state index contributed by atoms with van der Waals surface area (Å²) in [4.78, 5) is 0. The zero-order chi connectivity index (χ0) is 17.6. The summed E-state index contributed by atoms with van der Waals surface area (Å²) < 4.78 is 6.12. The fourth-order valence-electron chi connectivity index (χ4n) is 3.26. The van der Waals surface area contributed by atoms with Crippen LogP contribution in [0.15, 0.2) is 48.5 Å². The van der Waals surface area contributed by atoms with Crippen LogP contribution in [0.25, 0.3) is 21.5 Å². The molecule has 1 N–H and O–H groups in total. The predicted octanol–water partition coefficient (Wildman–Crippen LogP) is 5.88. The molecular formula is C23H28O2. The number of hydrogen-bond acceptors (Lipinski definition) is 2. The van der Waals surface area contributed by atoms with Crippen molar-refractivity contribution < 1.29 is 9.84 Å². The number of unbranched alkanes of at least 4 members (excludes halogenated alkanes) is 2. The zero-order valence-corrected chi connectivity index (χ0v) is 15.3. The van der Waals surface area contributed by atoms with E-state index in [-0.39, 0.29) is 0 Å². The van der Waals surface area contributed by atoms with Crippen LogP contribution < -0.4 is 4.74 Å². The van der Waals surface area contributed by atoms with Gasteiger partial charge in [0.25, 0.3) is 0 Å². The van der Waals surface area contributed by atoms with Gasteiger partial charge in [-0.2, -0.15) is 0 Å². The van der Waals surface area contributed by atoms with Crippen LogP contribution >= 0.6 is 0 Å². The predicted molar refractivity (Wildman–Crippen MR) is 106 cm³/mol. The number of hydrogen-bond donors (Lipinski definition) is 1. The minimum absolute atomic E-state index is 0.333. The van der Waals surface area contributed by atoms with Gasteiger partial charge in [-0.1, -0.05) is 63.1 Å².